The zero-order valence-corrected chi connectivity index (χ0v) is 19.0. The first-order valence-electron chi connectivity index (χ1n) is 11.6. The molecule has 2 aromatic carbocycles. The van der Waals surface area contributed by atoms with E-state index in [9.17, 15) is 14.0 Å². The Balaban J connectivity index is 1.49. The van der Waals surface area contributed by atoms with Crippen LogP contribution in [0.25, 0.3) is 0 Å². The van der Waals surface area contributed by atoms with Crippen LogP contribution in [0.5, 0.6) is 0 Å². The third kappa shape index (κ3) is 5.09. The van der Waals surface area contributed by atoms with Gasteiger partial charge in [0.05, 0.1) is 6.54 Å². The molecule has 4 rings (SSSR count). The Kier molecular flexibility index (Phi) is 7.10. The number of halogens is 1. The maximum atomic E-state index is 13.6. The summed E-state index contributed by atoms with van der Waals surface area (Å²) in [6, 6.07) is 16.3. The summed E-state index contributed by atoms with van der Waals surface area (Å²) in [6.45, 7) is 4.23. The van der Waals surface area contributed by atoms with Gasteiger partial charge in [-0.05, 0) is 74.9 Å². The van der Waals surface area contributed by atoms with Gasteiger partial charge in [-0.15, -0.1) is 5.92 Å². The smallest absolute Gasteiger partial charge is 0.323 e. The average molecular weight is 448 g/mol. The van der Waals surface area contributed by atoms with Gasteiger partial charge >= 0.3 is 6.03 Å². The lowest BCUT2D eigenvalue weighted by atomic mass is 9.74. The van der Waals surface area contributed by atoms with E-state index in [1.165, 1.54) is 17.0 Å². The van der Waals surface area contributed by atoms with E-state index in [0.29, 0.717) is 6.42 Å². The fraction of sp³-hybridized carbons (Fsp3) is 0.407. The van der Waals surface area contributed by atoms with E-state index in [4.69, 9.17) is 0 Å². The Morgan fingerprint density at radius 2 is 1.73 bits per heavy atom. The number of urea groups is 1. The minimum atomic E-state index is -0.899. The molecule has 2 aliphatic heterocycles. The number of carbonyl (C=O) groups excluding carboxylic acids is 2. The highest BCUT2D eigenvalue weighted by molar-refractivity contribution is 6.07. The Labute approximate surface area is 195 Å². The molecule has 1 N–H and O–H groups in total. The number of piperidine rings is 1. The average Bonchev–Trinajstić information content (AvgIpc) is 3.08. The van der Waals surface area contributed by atoms with Gasteiger partial charge in [-0.3, -0.25) is 14.6 Å². The van der Waals surface area contributed by atoms with Crippen molar-refractivity contribution < 1.29 is 14.0 Å². The zero-order valence-electron chi connectivity index (χ0n) is 19.0. The molecule has 2 aromatic rings. The largest absolute Gasteiger partial charge is 0.325 e. The number of nitrogens with zero attached hydrogens (tertiary/aromatic N) is 2. The second kappa shape index (κ2) is 10.2. The molecule has 0 aliphatic carbocycles. The van der Waals surface area contributed by atoms with E-state index in [2.05, 4.69) is 34.2 Å². The number of aryl methyl sites for hydroxylation is 1. The number of nitrogens with one attached hydrogen (secondary N) is 1. The summed E-state index contributed by atoms with van der Waals surface area (Å²) in [5, 5.41) is 3.10. The standard InChI is InChI=1S/C27H30FN3O2/c1-2-3-17-31-25(32)27(29-26(31)33,16-13-21-7-5-4-6-8-21)23-14-18-30(19-15-23)20-22-9-11-24(28)12-10-22/h4-12,23H,13-20H2,1H3,(H,29,33). The van der Waals surface area contributed by atoms with Gasteiger partial charge in [0.2, 0.25) is 0 Å². The molecule has 0 spiro atoms. The second-order valence-electron chi connectivity index (χ2n) is 8.88. The maximum Gasteiger partial charge on any atom is 0.325 e. The second-order valence-corrected chi connectivity index (χ2v) is 8.88. The molecule has 5 nitrogen and oxygen atoms in total. The first-order chi connectivity index (χ1) is 16.0. The van der Waals surface area contributed by atoms with Crippen LogP contribution in [0.2, 0.25) is 0 Å². The topological polar surface area (TPSA) is 52.7 Å². The lowest BCUT2D eigenvalue weighted by molar-refractivity contribution is -0.134. The molecule has 6 heteroatoms. The number of benzene rings is 2. The summed E-state index contributed by atoms with van der Waals surface area (Å²) in [6.07, 6.45) is 2.92. The third-order valence-corrected chi connectivity index (χ3v) is 6.87. The van der Waals surface area contributed by atoms with E-state index < -0.39 is 5.54 Å². The van der Waals surface area contributed by atoms with Gasteiger partial charge in [0.15, 0.2) is 0 Å². The number of imide groups is 1. The molecule has 0 radical (unpaired) electrons. The molecule has 0 bridgehead atoms. The molecule has 3 amide bonds. The molecule has 2 saturated heterocycles. The number of hydrogen-bond acceptors (Lipinski definition) is 3. The van der Waals surface area contributed by atoms with E-state index >= 15 is 0 Å². The molecule has 0 aromatic heterocycles. The molecule has 2 heterocycles. The Morgan fingerprint density at radius 3 is 2.39 bits per heavy atom. The first-order valence-corrected chi connectivity index (χ1v) is 11.6. The Bertz CT molecular complexity index is 1040. The highest BCUT2D eigenvalue weighted by Gasteiger charge is 2.55. The van der Waals surface area contributed by atoms with E-state index in [-0.39, 0.29) is 30.2 Å². The minimum Gasteiger partial charge on any atom is -0.323 e. The van der Waals surface area contributed by atoms with E-state index in [1.54, 1.807) is 6.92 Å². The van der Waals surface area contributed by atoms with Crippen molar-refractivity contribution in [1.29, 1.82) is 0 Å². The van der Waals surface area contributed by atoms with Crippen LogP contribution in [0.15, 0.2) is 54.6 Å². The maximum absolute atomic E-state index is 13.6. The summed E-state index contributed by atoms with van der Waals surface area (Å²) in [7, 11) is 0. The van der Waals surface area contributed by atoms with Crippen molar-refractivity contribution in [3.63, 3.8) is 0 Å². The predicted octanol–water partition coefficient (Wildman–Crippen LogP) is 3.98. The van der Waals surface area contributed by atoms with Crippen LogP contribution in [0.4, 0.5) is 9.18 Å². The molecular formula is C27H30FN3O2. The van der Waals surface area contributed by atoms with Gasteiger partial charge in [-0.25, -0.2) is 9.18 Å². The van der Waals surface area contributed by atoms with Gasteiger partial charge in [-0.1, -0.05) is 48.4 Å². The van der Waals surface area contributed by atoms with Gasteiger partial charge in [-0.2, -0.15) is 0 Å². The molecule has 1 atom stereocenters. The van der Waals surface area contributed by atoms with Crippen LogP contribution in [0.3, 0.4) is 0 Å². The predicted molar refractivity (Wildman–Crippen MR) is 126 cm³/mol. The van der Waals surface area contributed by atoms with E-state index in [0.717, 1.165) is 50.0 Å². The van der Waals surface area contributed by atoms with Crippen molar-refractivity contribution in [2.75, 3.05) is 19.6 Å². The van der Waals surface area contributed by atoms with Crippen LogP contribution in [0.1, 0.15) is 37.3 Å². The molecule has 0 saturated carbocycles. The van der Waals surface area contributed by atoms with Crippen molar-refractivity contribution in [2.45, 2.75) is 44.7 Å². The Hall–Kier alpha value is -3.17. The summed E-state index contributed by atoms with van der Waals surface area (Å²) >= 11 is 0. The van der Waals surface area contributed by atoms with Crippen LogP contribution in [-0.2, 0) is 17.8 Å². The molecule has 2 aliphatic rings. The highest BCUT2D eigenvalue weighted by Crippen LogP contribution is 2.37. The number of hydrogen-bond donors (Lipinski definition) is 1. The van der Waals surface area contributed by atoms with Crippen molar-refractivity contribution in [3.05, 3.63) is 71.5 Å². The lowest BCUT2D eigenvalue weighted by Gasteiger charge is -2.41. The first kappa shape index (κ1) is 23.0. The van der Waals surface area contributed by atoms with Crippen molar-refractivity contribution in [3.8, 4) is 11.8 Å². The van der Waals surface area contributed by atoms with Crippen LogP contribution < -0.4 is 5.32 Å². The molecule has 2 fully saturated rings. The van der Waals surface area contributed by atoms with Crippen LogP contribution in [0, 0.1) is 23.6 Å². The van der Waals surface area contributed by atoms with Crippen LogP contribution in [-0.4, -0.2) is 46.9 Å². The molecular weight excluding hydrogens is 417 g/mol. The molecule has 33 heavy (non-hydrogen) atoms. The fourth-order valence-corrected chi connectivity index (χ4v) is 5.01. The van der Waals surface area contributed by atoms with E-state index in [1.807, 2.05) is 30.3 Å². The number of amides is 3. The summed E-state index contributed by atoms with van der Waals surface area (Å²) in [5.74, 6) is 5.32. The lowest BCUT2D eigenvalue weighted by Crippen LogP contribution is -2.56. The number of carbonyl (C=O) groups is 2. The minimum absolute atomic E-state index is 0.0571. The Morgan fingerprint density at radius 1 is 1.03 bits per heavy atom. The highest BCUT2D eigenvalue weighted by atomic mass is 19.1. The number of rotatable bonds is 7. The fourth-order valence-electron chi connectivity index (χ4n) is 5.01. The third-order valence-electron chi connectivity index (χ3n) is 6.87. The number of likely N-dealkylation sites (tertiary alicyclic amines) is 1. The van der Waals surface area contributed by atoms with Crippen molar-refractivity contribution >= 4 is 11.9 Å². The van der Waals surface area contributed by atoms with Gasteiger partial charge in [0, 0.05) is 6.54 Å². The van der Waals surface area contributed by atoms with Crippen LogP contribution >= 0.6 is 0 Å². The quantitative estimate of drug-likeness (QED) is 0.516. The van der Waals surface area contributed by atoms with Crippen molar-refractivity contribution in [2.24, 2.45) is 5.92 Å². The monoisotopic (exact) mass is 447 g/mol. The summed E-state index contributed by atoms with van der Waals surface area (Å²) in [4.78, 5) is 30.0. The van der Waals surface area contributed by atoms with Crippen molar-refractivity contribution in [1.82, 2.24) is 15.1 Å². The SMILES string of the molecule is CC#CCN1C(=O)NC(CCc2ccccc2)(C2CCN(Cc3ccc(F)cc3)CC2)C1=O. The van der Waals surface area contributed by atoms with Gasteiger partial charge < -0.3 is 5.32 Å². The molecule has 172 valence electrons. The van der Waals surface area contributed by atoms with Gasteiger partial charge in [0.1, 0.15) is 11.4 Å². The van der Waals surface area contributed by atoms with Gasteiger partial charge in [0.25, 0.3) is 5.91 Å². The zero-order chi connectivity index (χ0) is 23.3. The summed E-state index contributed by atoms with van der Waals surface area (Å²) in [5.41, 5.74) is 1.33. The normalized spacial score (nSPS) is 21.6. The summed E-state index contributed by atoms with van der Waals surface area (Å²) < 4.78 is 13.2. The molecule has 1 unspecified atom stereocenters.